The first kappa shape index (κ1) is 24.4. The van der Waals surface area contributed by atoms with Crippen molar-refractivity contribution in [3.05, 3.63) is 64.5 Å². The molecule has 2 atom stereocenters. The Bertz CT molecular complexity index is 1180. The van der Waals surface area contributed by atoms with Crippen LogP contribution in [0.15, 0.2) is 36.4 Å². The predicted molar refractivity (Wildman–Crippen MR) is 127 cm³/mol. The van der Waals surface area contributed by atoms with Crippen LogP contribution in [0.2, 0.25) is 0 Å². The van der Waals surface area contributed by atoms with Gasteiger partial charge in [0.05, 0.1) is 19.8 Å². The average molecular weight is 497 g/mol. The van der Waals surface area contributed by atoms with Gasteiger partial charge in [0, 0.05) is 48.8 Å². The molecule has 0 bridgehead atoms. The molecule has 1 unspecified atom stereocenters. The van der Waals surface area contributed by atoms with Crippen LogP contribution < -0.4 is 15.8 Å². The van der Waals surface area contributed by atoms with E-state index in [2.05, 4.69) is 10.2 Å². The number of carbonyl (C=O) groups excluding carboxylic acids is 3. The van der Waals surface area contributed by atoms with Crippen LogP contribution in [0.5, 0.6) is 5.75 Å². The standard InChI is InChI=1S/C26H29FN4O5/c27-20-12-16(22(13-28)30-8-10-35-11-9-30)4-5-17(20)15-36-23-3-1-2-18-19(23)14-31(26(18)34)21-6-7-24(32)29-25(21)33/h1-5,12,21-22H,6-11,13-15,28H2,(H,29,32,33)/t21-,22?/m0/s1. The molecule has 3 aliphatic rings. The number of imide groups is 1. The van der Waals surface area contributed by atoms with Crippen molar-refractivity contribution in [1.82, 2.24) is 15.1 Å². The fourth-order valence-corrected chi connectivity index (χ4v) is 5.12. The van der Waals surface area contributed by atoms with Gasteiger partial charge < -0.3 is 20.1 Å². The molecule has 3 amide bonds. The summed E-state index contributed by atoms with van der Waals surface area (Å²) >= 11 is 0. The SMILES string of the molecule is NCC(c1ccc(COc2cccc3c2CN([C@H]2CCC(=O)NC2=O)C3=O)c(F)c1)N1CCOCC1. The van der Waals surface area contributed by atoms with Crippen LogP contribution in [-0.2, 0) is 27.5 Å². The lowest BCUT2D eigenvalue weighted by atomic mass is 10.0. The van der Waals surface area contributed by atoms with Crippen LogP contribution in [0.4, 0.5) is 4.39 Å². The molecule has 2 aromatic rings. The third kappa shape index (κ3) is 4.71. The number of ether oxygens (including phenoxy) is 2. The molecule has 5 rings (SSSR count). The van der Waals surface area contributed by atoms with Crippen molar-refractivity contribution >= 4 is 17.7 Å². The van der Waals surface area contributed by atoms with Crippen molar-refractivity contribution in [2.75, 3.05) is 32.8 Å². The van der Waals surface area contributed by atoms with Gasteiger partial charge in [-0.15, -0.1) is 0 Å². The van der Waals surface area contributed by atoms with E-state index in [1.54, 1.807) is 24.3 Å². The van der Waals surface area contributed by atoms with E-state index in [0.29, 0.717) is 42.2 Å². The van der Waals surface area contributed by atoms with E-state index in [1.165, 1.54) is 11.0 Å². The summed E-state index contributed by atoms with van der Waals surface area (Å²) in [7, 11) is 0. The summed E-state index contributed by atoms with van der Waals surface area (Å²) in [5.74, 6) is -0.998. The van der Waals surface area contributed by atoms with Crippen LogP contribution in [0.25, 0.3) is 0 Å². The zero-order valence-electron chi connectivity index (χ0n) is 19.9. The Balaban J connectivity index is 1.29. The summed E-state index contributed by atoms with van der Waals surface area (Å²) < 4.78 is 26.4. The zero-order chi connectivity index (χ0) is 25.2. The minimum absolute atomic E-state index is 0.0139. The maximum atomic E-state index is 15.0. The monoisotopic (exact) mass is 496 g/mol. The van der Waals surface area contributed by atoms with Gasteiger partial charge in [0.15, 0.2) is 0 Å². The molecule has 2 aromatic carbocycles. The predicted octanol–water partition coefficient (Wildman–Crippen LogP) is 1.50. The largest absolute Gasteiger partial charge is 0.488 e. The Morgan fingerprint density at radius 3 is 2.69 bits per heavy atom. The number of nitrogens with one attached hydrogen (secondary N) is 1. The number of nitrogens with zero attached hydrogens (tertiary/aromatic N) is 2. The number of halogens is 1. The first-order chi connectivity index (χ1) is 17.5. The van der Waals surface area contributed by atoms with Crippen molar-refractivity contribution in [3.63, 3.8) is 0 Å². The highest BCUT2D eigenvalue weighted by Crippen LogP contribution is 2.34. The molecule has 2 fully saturated rings. The zero-order valence-corrected chi connectivity index (χ0v) is 19.9. The fourth-order valence-electron chi connectivity index (χ4n) is 5.12. The molecule has 3 heterocycles. The lowest BCUT2D eigenvalue weighted by Gasteiger charge is -2.34. The molecule has 9 nitrogen and oxygen atoms in total. The highest BCUT2D eigenvalue weighted by molar-refractivity contribution is 6.05. The van der Waals surface area contributed by atoms with Gasteiger partial charge in [-0.05, 0) is 30.2 Å². The maximum absolute atomic E-state index is 15.0. The van der Waals surface area contributed by atoms with Gasteiger partial charge in [-0.25, -0.2) is 4.39 Å². The van der Waals surface area contributed by atoms with Gasteiger partial charge in [0.1, 0.15) is 24.2 Å². The number of fused-ring (bicyclic) bond motifs is 1. The van der Waals surface area contributed by atoms with Crippen LogP contribution in [0.1, 0.15) is 45.9 Å². The summed E-state index contributed by atoms with van der Waals surface area (Å²) in [5.41, 5.74) is 8.30. The Morgan fingerprint density at radius 1 is 1.17 bits per heavy atom. The van der Waals surface area contributed by atoms with E-state index in [4.69, 9.17) is 15.2 Å². The maximum Gasteiger partial charge on any atom is 0.255 e. The second kappa shape index (κ2) is 10.3. The minimum atomic E-state index is -0.706. The van der Waals surface area contributed by atoms with Crippen molar-refractivity contribution in [2.45, 2.75) is 38.1 Å². The molecule has 2 saturated heterocycles. The van der Waals surface area contributed by atoms with Gasteiger partial charge in [-0.2, -0.15) is 0 Å². The Labute approximate surface area is 208 Å². The van der Waals surface area contributed by atoms with Crippen molar-refractivity contribution in [3.8, 4) is 5.75 Å². The number of hydrogen-bond acceptors (Lipinski definition) is 7. The summed E-state index contributed by atoms with van der Waals surface area (Å²) in [5, 5.41) is 2.30. The number of carbonyl (C=O) groups is 3. The number of hydrogen-bond donors (Lipinski definition) is 2. The Hall–Kier alpha value is -3.34. The van der Waals surface area contributed by atoms with E-state index in [0.717, 1.165) is 18.7 Å². The molecule has 3 aliphatic heterocycles. The molecule has 10 heteroatoms. The molecule has 0 spiro atoms. The lowest BCUT2D eigenvalue weighted by molar-refractivity contribution is -0.136. The number of piperidine rings is 1. The van der Waals surface area contributed by atoms with Gasteiger partial charge >= 0.3 is 0 Å². The minimum Gasteiger partial charge on any atom is -0.488 e. The van der Waals surface area contributed by atoms with Crippen molar-refractivity contribution in [2.24, 2.45) is 5.73 Å². The molecular weight excluding hydrogens is 467 g/mol. The molecule has 0 aliphatic carbocycles. The summed E-state index contributed by atoms with van der Waals surface area (Å²) in [6, 6.07) is 9.42. The fraction of sp³-hybridized carbons (Fsp3) is 0.423. The third-order valence-electron chi connectivity index (χ3n) is 7.09. The van der Waals surface area contributed by atoms with E-state index in [1.807, 2.05) is 6.07 Å². The average Bonchev–Trinajstić information content (AvgIpc) is 3.21. The molecule has 36 heavy (non-hydrogen) atoms. The quantitative estimate of drug-likeness (QED) is 0.559. The molecule has 0 radical (unpaired) electrons. The molecule has 3 N–H and O–H groups in total. The number of morpholine rings is 1. The van der Waals surface area contributed by atoms with E-state index in [-0.39, 0.29) is 49.7 Å². The van der Waals surface area contributed by atoms with E-state index in [9.17, 15) is 14.4 Å². The summed E-state index contributed by atoms with van der Waals surface area (Å²) in [6.07, 6.45) is 0.470. The molecule has 190 valence electrons. The smallest absolute Gasteiger partial charge is 0.255 e. The van der Waals surface area contributed by atoms with Gasteiger partial charge in [0.25, 0.3) is 5.91 Å². The normalized spacial score (nSPS) is 21.3. The Morgan fingerprint density at radius 2 is 1.97 bits per heavy atom. The molecule has 0 aromatic heterocycles. The van der Waals surface area contributed by atoms with Crippen LogP contribution >= 0.6 is 0 Å². The summed E-state index contributed by atoms with van der Waals surface area (Å²) in [4.78, 5) is 40.4. The van der Waals surface area contributed by atoms with Crippen LogP contribution in [0, 0.1) is 5.82 Å². The number of rotatable bonds is 7. The highest BCUT2D eigenvalue weighted by atomic mass is 19.1. The topological polar surface area (TPSA) is 114 Å². The Kier molecular flexibility index (Phi) is 6.99. The summed E-state index contributed by atoms with van der Waals surface area (Å²) in [6.45, 7) is 3.33. The first-order valence-corrected chi connectivity index (χ1v) is 12.2. The molecule has 0 saturated carbocycles. The van der Waals surface area contributed by atoms with Gasteiger partial charge in [-0.1, -0.05) is 18.2 Å². The van der Waals surface area contributed by atoms with Gasteiger partial charge in [0.2, 0.25) is 11.8 Å². The highest BCUT2D eigenvalue weighted by Gasteiger charge is 2.40. The number of benzene rings is 2. The number of amides is 3. The van der Waals surface area contributed by atoms with Crippen LogP contribution in [0.3, 0.4) is 0 Å². The molecular formula is C26H29FN4O5. The first-order valence-electron chi connectivity index (χ1n) is 12.2. The van der Waals surface area contributed by atoms with Gasteiger partial charge in [-0.3, -0.25) is 24.6 Å². The van der Waals surface area contributed by atoms with Crippen molar-refractivity contribution in [1.29, 1.82) is 0 Å². The second-order valence-electron chi connectivity index (χ2n) is 9.22. The lowest BCUT2D eigenvalue weighted by Crippen LogP contribution is -2.52. The number of nitrogens with two attached hydrogens (primary N) is 1. The van der Waals surface area contributed by atoms with Crippen LogP contribution in [-0.4, -0.2) is 66.4 Å². The van der Waals surface area contributed by atoms with E-state index >= 15 is 4.39 Å². The second-order valence-corrected chi connectivity index (χ2v) is 9.22. The van der Waals surface area contributed by atoms with E-state index < -0.39 is 11.9 Å². The van der Waals surface area contributed by atoms with Crippen molar-refractivity contribution < 1.29 is 28.2 Å². The third-order valence-corrected chi connectivity index (χ3v) is 7.09.